The summed E-state index contributed by atoms with van der Waals surface area (Å²) in [4.78, 5) is 29.7. The third kappa shape index (κ3) is 2.88. The molecule has 0 bridgehead atoms. The highest BCUT2D eigenvalue weighted by atomic mass is 16.6. The van der Waals surface area contributed by atoms with Crippen LogP contribution in [0.2, 0.25) is 0 Å². The Balaban J connectivity index is 1.26. The summed E-state index contributed by atoms with van der Waals surface area (Å²) < 4.78 is 11.3. The molecule has 1 N–H and O–H groups in total. The lowest BCUT2D eigenvalue weighted by atomic mass is 9.75. The summed E-state index contributed by atoms with van der Waals surface area (Å²) >= 11 is 0. The number of fused-ring (bicyclic) bond motifs is 3. The van der Waals surface area contributed by atoms with Gasteiger partial charge in [0.2, 0.25) is 0 Å². The number of methoxy groups -OCH3 is 1. The van der Waals surface area contributed by atoms with Gasteiger partial charge in [0, 0.05) is 11.5 Å². The van der Waals surface area contributed by atoms with Crippen LogP contribution in [-0.2, 0) is 10.3 Å². The van der Waals surface area contributed by atoms with E-state index in [0.717, 1.165) is 53.9 Å². The molecule has 1 aliphatic heterocycles. The molecule has 0 radical (unpaired) electrons. The summed E-state index contributed by atoms with van der Waals surface area (Å²) in [5, 5.41) is 0. The first-order valence-corrected chi connectivity index (χ1v) is 10.9. The van der Waals surface area contributed by atoms with Crippen LogP contribution in [-0.4, -0.2) is 33.0 Å². The van der Waals surface area contributed by atoms with Gasteiger partial charge in [0.15, 0.2) is 11.5 Å². The van der Waals surface area contributed by atoms with Crippen molar-refractivity contribution in [2.75, 3.05) is 7.11 Å². The summed E-state index contributed by atoms with van der Waals surface area (Å²) in [5.41, 5.74) is 3.54. The summed E-state index contributed by atoms with van der Waals surface area (Å²) in [6.07, 6.45) is 5.12. The Labute approximate surface area is 184 Å². The molecule has 7 nitrogen and oxygen atoms in total. The average molecular weight is 426 g/mol. The molecule has 2 aliphatic rings. The van der Waals surface area contributed by atoms with Crippen LogP contribution in [0.3, 0.4) is 0 Å². The molecular weight excluding hydrogens is 404 g/mol. The molecule has 0 atom stereocenters. The van der Waals surface area contributed by atoms with E-state index < -0.39 is 5.60 Å². The monoisotopic (exact) mass is 426 g/mol. The first kappa shape index (κ1) is 19.0. The molecule has 0 saturated heterocycles. The van der Waals surface area contributed by atoms with E-state index >= 15 is 0 Å². The quantitative estimate of drug-likeness (QED) is 0.476. The second kappa shape index (κ2) is 7.15. The Morgan fingerprint density at radius 3 is 2.59 bits per heavy atom. The van der Waals surface area contributed by atoms with Crippen LogP contribution in [0.1, 0.15) is 53.3 Å². The molecule has 3 heterocycles. The maximum absolute atomic E-state index is 12.3. The van der Waals surface area contributed by atoms with E-state index in [1.807, 2.05) is 48.5 Å². The van der Waals surface area contributed by atoms with Crippen molar-refractivity contribution in [3.63, 3.8) is 0 Å². The molecule has 2 aromatic carbocycles. The Morgan fingerprint density at radius 2 is 1.78 bits per heavy atom. The van der Waals surface area contributed by atoms with Crippen LogP contribution < -0.4 is 4.74 Å². The largest absolute Gasteiger partial charge is 0.496 e. The normalized spacial score (nSPS) is 22.2. The Bertz CT molecular complexity index is 1340. The number of hydrogen-bond donors (Lipinski definition) is 1. The number of para-hydroxylation sites is 1. The van der Waals surface area contributed by atoms with Gasteiger partial charge in [0.1, 0.15) is 22.7 Å². The number of nitrogens with zero attached hydrogens (tertiary/aromatic N) is 3. The van der Waals surface area contributed by atoms with Crippen molar-refractivity contribution in [1.82, 2.24) is 19.9 Å². The molecule has 4 aromatic rings. The van der Waals surface area contributed by atoms with E-state index in [2.05, 4.69) is 15.0 Å². The summed E-state index contributed by atoms with van der Waals surface area (Å²) in [7, 11) is 1.64. The van der Waals surface area contributed by atoms with Gasteiger partial charge in [0.25, 0.3) is 0 Å². The van der Waals surface area contributed by atoms with Crippen LogP contribution in [0, 0.1) is 0 Å². The van der Waals surface area contributed by atoms with Crippen molar-refractivity contribution < 1.29 is 14.3 Å². The fourth-order valence-electron chi connectivity index (χ4n) is 5.05. The molecule has 1 fully saturated rings. The van der Waals surface area contributed by atoms with Crippen LogP contribution in [0.5, 0.6) is 5.75 Å². The molecule has 160 valence electrons. The minimum atomic E-state index is -0.493. The van der Waals surface area contributed by atoms with Gasteiger partial charge in [-0.3, -0.25) is 0 Å². The number of nitrogens with one attached hydrogen (secondary N) is 1. The fourth-order valence-corrected chi connectivity index (χ4v) is 5.05. The summed E-state index contributed by atoms with van der Waals surface area (Å²) in [5.74, 6) is 2.29. The van der Waals surface area contributed by atoms with Crippen LogP contribution in [0.4, 0.5) is 0 Å². The van der Waals surface area contributed by atoms with Crippen molar-refractivity contribution in [3.8, 4) is 17.1 Å². The van der Waals surface area contributed by atoms with Gasteiger partial charge in [-0.15, -0.1) is 0 Å². The number of esters is 1. The molecule has 1 spiro atoms. The number of rotatable bonds is 3. The molecule has 0 unspecified atom stereocenters. The maximum atomic E-state index is 12.3. The van der Waals surface area contributed by atoms with E-state index in [9.17, 15) is 4.79 Å². The zero-order valence-electron chi connectivity index (χ0n) is 17.7. The first-order valence-electron chi connectivity index (χ1n) is 10.9. The zero-order valence-corrected chi connectivity index (χ0v) is 17.7. The van der Waals surface area contributed by atoms with E-state index in [1.165, 1.54) is 0 Å². The number of imidazole rings is 1. The van der Waals surface area contributed by atoms with Crippen molar-refractivity contribution in [1.29, 1.82) is 0 Å². The van der Waals surface area contributed by atoms with Crippen molar-refractivity contribution >= 4 is 17.1 Å². The second-order valence-corrected chi connectivity index (χ2v) is 8.46. The zero-order chi connectivity index (χ0) is 21.7. The minimum Gasteiger partial charge on any atom is -0.496 e. The Morgan fingerprint density at radius 1 is 1.03 bits per heavy atom. The van der Waals surface area contributed by atoms with E-state index in [-0.39, 0.29) is 11.9 Å². The van der Waals surface area contributed by atoms with E-state index in [1.54, 1.807) is 13.3 Å². The summed E-state index contributed by atoms with van der Waals surface area (Å²) in [6, 6.07) is 15.4. The van der Waals surface area contributed by atoms with Crippen LogP contribution in [0.25, 0.3) is 22.6 Å². The molecule has 1 aliphatic carbocycles. The average Bonchev–Trinajstić information content (AvgIpc) is 3.38. The van der Waals surface area contributed by atoms with Crippen molar-refractivity contribution in [2.45, 2.75) is 37.2 Å². The number of H-pyrrole nitrogens is 1. The highest BCUT2D eigenvalue weighted by Gasteiger charge is 2.47. The molecule has 7 heteroatoms. The molecular formula is C25H22N4O3. The smallest absolute Gasteiger partial charge is 0.339 e. The van der Waals surface area contributed by atoms with Crippen molar-refractivity contribution in [2.24, 2.45) is 0 Å². The van der Waals surface area contributed by atoms with Crippen LogP contribution in [0.15, 0.2) is 54.7 Å². The predicted molar refractivity (Wildman–Crippen MR) is 118 cm³/mol. The molecule has 2 aromatic heterocycles. The molecule has 6 rings (SSSR count). The lowest BCUT2D eigenvalue weighted by molar-refractivity contribution is -0.0312. The van der Waals surface area contributed by atoms with Crippen molar-refractivity contribution in [3.05, 3.63) is 71.7 Å². The van der Waals surface area contributed by atoms with Gasteiger partial charge in [-0.2, -0.15) is 0 Å². The van der Waals surface area contributed by atoms with Gasteiger partial charge in [-0.25, -0.2) is 19.7 Å². The third-order valence-corrected chi connectivity index (χ3v) is 6.71. The van der Waals surface area contributed by atoms with Crippen LogP contribution >= 0.6 is 0 Å². The lowest BCUT2D eigenvalue weighted by Gasteiger charge is -2.35. The van der Waals surface area contributed by atoms with Gasteiger partial charge in [-0.05, 0) is 43.9 Å². The highest BCUT2D eigenvalue weighted by Crippen LogP contribution is 2.49. The predicted octanol–water partition coefficient (Wildman–Crippen LogP) is 4.75. The number of aromatic amines is 1. The topological polar surface area (TPSA) is 90.0 Å². The third-order valence-electron chi connectivity index (χ3n) is 6.71. The molecule has 0 amide bonds. The standard InChI is InChI=1S/C25H22N4O3/c1-31-20-9-5-3-7-17(20)22-26-14-19-23(29-22)28-21(27-19)15-10-12-25(13-11-15)18-8-4-2-6-16(18)24(30)32-25/h2-9,14-15H,10-13H2,1H3,(H,26,27,28,29)/t15-,25-. The highest BCUT2D eigenvalue weighted by molar-refractivity contribution is 5.94. The number of aromatic nitrogens is 4. The minimum absolute atomic E-state index is 0.207. The number of ether oxygens (including phenoxy) is 2. The fraction of sp³-hybridized carbons (Fsp3) is 0.280. The van der Waals surface area contributed by atoms with Gasteiger partial charge in [-0.1, -0.05) is 30.3 Å². The van der Waals surface area contributed by atoms with Gasteiger partial charge < -0.3 is 14.5 Å². The van der Waals surface area contributed by atoms with E-state index in [4.69, 9.17) is 14.5 Å². The van der Waals surface area contributed by atoms with E-state index in [0.29, 0.717) is 17.0 Å². The maximum Gasteiger partial charge on any atom is 0.339 e. The molecule has 32 heavy (non-hydrogen) atoms. The Hall–Kier alpha value is -3.74. The number of carbonyl (C=O) groups excluding carboxylic acids is 1. The Kier molecular flexibility index (Phi) is 4.24. The number of benzene rings is 2. The number of carbonyl (C=O) groups is 1. The molecule has 1 saturated carbocycles. The second-order valence-electron chi connectivity index (χ2n) is 8.46. The number of hydrogen-bond acceptors (Lipinski definition) is 6. The first-order chi connectivity index (χ1) is 15.7. The SMILES string of the molecule is COc1ccccc1-c1ncc2[nH]c([C@H]3CC[C@@]4(CC3)OC(=O)c3ccccc34)nc2n1. The summed E-state index contributed by atoms with van der Waals surface area (Å²) in [6.45, 7) is 0. The van der Waals surface area contributed by atoms with Gasteiger partial charge >= 0.3 is 5.97 Å². The lowest BCUT2D eigenvalue weighted by Crippen LogP contribution is -2.31. The van der Waals surface area contributed by atoms with Gasteiger partial charge in [0.05, 0.1) is 24.4 Å².